The molecule has 0 heterocycles. The lowest BCUT2D eigenvalue weighted by Crippen LogP contribution is -2.06. The Kier molecular flexibility index (Phi) is 6.32. The molecule has 0 aromatic heterocycles. The Bertz CT molecular complexity index is 153. The summed E-state index contributed by atoms with van der Waals surface area (Å²) in [5.74, 6) is -0.477. The lowest BCUT2D eigenvalue weighted by molar-refractivity contribution is -0.137. The molecule has 0 aromatic rings. The van der Waals surface area contributed by atoms with E-state index < -0.39 is 12.1 Å². The number of aliphatic hydroxyl groups excluding tert-OH is 2. The normalized spacial score (nSPS) is 13.2. The van der Waals surface area contributed by atoms with Crippen LogP contribution in [0.5, 0.6) is 0 Å². The summed E-state index contributed by atoms with van der Waals surface area (Å²) in [5, 5.41) is 17.4. The lowest BCUT2D eigenvalue weighted by Gasteiger charge is -2.00. The molecule has 0 unspecified atom stereocenters. The predicted molar refractivity (Wildman–Crippen MR) is 43.5 cm³/mol. The van der Waals surface area contributed by atoms with Gasteiger partial charge in [0.05, 0.1) is 12.7 Å². The third kappa shape index (κ3) is 5.88. The van der Waals surface area contributed by atoms with Crippen molar-refractivity contribution in [2.45, 2.75) is 19.4 Å². The predicted octanol–water partition coefficient (Wildman–Crippen LogP) is -0.151. The van der Waals surface area contributed by atoms with Gasteiger partial charge in [-0.3, -0.25) is 0 Å². The summed E-state index contributed by atoms with van der Waals surface area (Å²) < 4.78 is 4.57. The number of ether oxygens (including phenoxy) is 1. The highest BCUT2D eigenvalue weighted by Crippen LogP contribution is 1.92. The molecule has 0 aliphatic heterocycles. The van der Waals surface area contributed by atoms with Gasteiger partial charge in [0.15, 0.2) is 0 Å². The Labute approximate surface area is 71.5 Å². The van der Waals surface area contributed by atoms with Crippen molar-refractivity contribution in [2.75, 3.05) is 13.2 Å². The second-order valence-corrected chi connectivity index (χ2v) is 2.19. The van der Waals surface area contributed by atoms with Crippen LogP contribution in [0.15, 0.2) is 12.2 Å². The molecule has 0 aliphatic carbocycles. The first-order valence-electron chi connectivity index (χ1n) is 3.84. The molecule has 0 spiro atoms. The van der Waals surface area contributed by atoms with Crippen LogP contribution in [0, 0.1) is 0 Å². The van der Waals surface area contributed by atoms with E-state index in [4.69, 9.17) is 10.2 Å². The Morgan fingerprint density at radius 1 is 1.67 bits per heavy atom. The second-order valence-electron chi connectivity index (χ2n) is 2.19. The molecule has 0 aromatic carbocycles. The topological polar surface area (TPSA) is 66.8 Å². The number of carbonyl (C=O) groups is 1. The molecule has 2 N–H and O–H groups in total. The zero-order chi connectivity index (χ0) is 9.40. The summed E-state index contributed by atoms with van der Waals surface area (Å²) in [5.41, 5.74) is 0. The molecule has 12 heavy (non-hydrogen) atoms. The molecule has 4 heteroatoms. The van der Waals surface area contributed by atoms with Gasteiger partial charge in [-0.2, -0.15) is 0 Å². The third-order valence-electron chi connectivity index (χ3n) is 1.17. The Morgan fingerprint density at radius 2 is 2.33 bits per heavy atom. The maximum absolute atomic E-state index is 10.7. The fourth-order valence-electron chi connectivity index (χ4n) is 0.609. The molecule has 0 fully saturated rings. The van der Waals surface area contributed by atoms with Crippen molar-refractivity contribution in [3.8, 4) is 0 Å². The fraction of sp³-hybridized carbons (Fsp3) is 0.625. The first-order valence-corrected chi connectivity index (χ1v) is 3.84. The van der Waals surface area contributed by atoms with Crippen LogP contribution in [0.2, 0.25) is 0 Å². The maximum atomic E-state index is 10.7. The van der Waals surface area contributed by atoms with E-state index in [1.54, 1.807) is 6.92 Å². The van der Waals surface area contributed by atoms with Crippen molar-refractivity contribution >= 4 is 5.97 Å². The Hall–Kier alpha value is -0.870. The lowest BCUT2D eigenvalue weighted by atomic mass is 10.2. The highest BCUT2D eigenvalue weighted by atomic mass is 16.5. The molecule has 0 saturated carbocycles. The van der Waals surface area contributed by atoms with E-state index in [2.05, 4.69) is 4.74 Å². The van der Waals surface area contributed by atoms with Gasteiger partial charge in [0.2, 0.25) is 0 Å². The number of carbonyl (C=O) groups excluding carboxylic acids is 1. The maximum Gasteiger partial charge on any atom is 0.330 e. The average molecular weight is 174 g/mol. The molecule has 0 rings (SSSR count). The van der Waals surface area contributed by atoms with Crippen molar-refractivity contribution < 1.29 is 19.7 Å². The largest absolute Gasteiger partial charge is 0.463 e. The standard InChI is InChI=1S/C8H14O4/c1-2-12-8(11)4-3-7(10)5-6-9/h3-4,7,9-10H,2,5-6H2,1H3/b4-3+/t7-/m1/s1. The number of hydrogen-bond acceptors (Lipinski definition) is 4. The van der Waals surface area contributed by atoms with Gasteiger partial charge in [-0.25, -0.2) is 4.79 Å². The zero-order valence-electron chi connectivity index (χ0n) is 7.06. The smallest absolute Gasteiger partial charge is 0.330 e. The molecular formula is C8H14O4. The highest BCUT2D eigenvalue weighted by Gasteiger charge is 1.99. The van der Waals surface area contributed by atoms with Crippen LogP contribution in [-0.2, 0) is 9.53 Å². The Balaban J connectivity index is 3.65. The van der Waals surface area contributed by atoms with E-state index in [9.17, 15) is 4.79 Å². The van der Waals surface area contributed by atoms with Gasteiger partial charge in [0.1, 0.15) is 0 Å². The summed E-state index contributed by atoms with van der Waals surface area (Å²) in [4.78, 5) is 10.7. The van der Waals surface area contributed by atoms with Crippen molar-refractivity contribution in [3.63, 3.8) is 0 Å². The zero-order valence-corrected chi connectivity index (χ0v) is 7.06. The van der Waals surface area contributed by atoms with Gasteiger partial charge in [-0.05, 0) is 19.4 Å². The van der Waals surface area contributed by atoms with Gasteiger partial charge < -0.3 is 14.9 Å². The third-order valence-corrected chi connectivity index (χ3v) is 1.17. The number of aliphatic hydroxyl groups is 2. The fourth-order valence-corrected chi connectivity index (χ4v) is 0.609. The van der Waals surface area contributed by atoms with E-state index in [1.807, 2.05) is 0 Å². The van der Waals surface area contributed by atoms with Crippen LogP contribution in [-0.4, -0.2) is 35.5 Å². The molecule has 0 bridgehead atoms. The molecule has 70 valence electrons. The van der Waals surface area contributed by atoms with Gasteiger partial charge >= 0.3 is 5.97 Å². The minimum absolute atomic E-state index is 0.103. The van der Waals surface area contributed by atoms with Gasteiger partial charge in [-0.15, -0.1) is 0 Å². The molecule has 4 nitrogen and oxygen atoms in total. The number of hydrogen-bond donors (Lipinski definition) is 2. The monoisotopic (exact) mass is 174 g/mol. The minimum atomic E-state index is -0.778. The van der Waals surface area contributed by atoms with Crippen molar-refractivity contribution in [1.82, 2.24) is 0 Å². The summed E-state index contributed by atoms with van der Waals surface area (Å²) in [6, 6.07) is 0. The summed E-state index contributed by atoms with van der Waals surface area (Å²) in [7, 11) is 0. The van der Waals surface area contributed by atoms with Crippen molar-refractivity contribution in [3.05, 3.63) is 12.2 Å². The summed E-state index contributed by atoms with van der Waals surface area (Å²) in [6.45, 7) is 1.92. The average Bonchev–Trinajstić information content (AvgIpc) is 2.02. The van der Waals surface area contributed by atoms with E-state index in [0.717, 1.165) is 6.08 Å². The van der Waals surface area contributed by atoms with Crippen LogP contribution in [0.25, 0.3) is 0 Å². The summed E-state index contributed by atoms with van der Waals surface area (Å²) in [6.07, 6.45) is 1.91. The minimum Gasteiger partial charge on any atom is -0.463 e. The van der Waals surface area contributed by atoms with Gasteiger partial charge in [-0.1, -0.05) is 0 Å². The van der Waals surface area contributed by atoms with Crippen LogP contribution in [0.3, 0.4) is 0 Å². The number of esters is 1. The van der Waals surface area contributed by atoms with Gasteiger partial charge in [0, 0.05) is 12.7 Å². The first-order chi connectivity index (χ1) is 5.70. The molecule has 0 aliphatic rings. The SMILES string of the molecule is CCOC(=O)/C=C/[C@@H](O)CCO. The van der Waals surface area contributed by atoms with Crippen molar-refractivity contribution in [2.24, 2.45) is 0 Å². The molecule has 1 atom stereocenters. The number of rotatable bonds is 5. The Morgan fingerprint density at radius 3 is 2.83 bits per heavy atom. The molecular weight excluding hydrogens is 160 g/mol. The summed E-state index contributed by atoms with van der Waals surface area (Å²) >= 11 is 0. The van der Waals surface area contributed by atoms with E-state index in [-0.39, 0.29) is 13.0 Å². The molecule has 0 saturated heterocycles. The highest BCUT2D eigenvalue weighted by molar-refractivity contribution is 5.81. The van der Waals surface area contributed by atoms with E-state index in [1.165, 1.54) is 6.08 Å². The van der Waals surface area contributed by atoms with Crippen LogP contribution >= 0.6 is 0 Å². The van der Waals surface area contributed by atoms with E-state index >= 15 is 0 Å². The van der Waals surface area contributed by atoms with Crippen molar-refractivity contribution in [1.29, 1.82) is 0 Å². The van der Waals surface area contributed by atoms with E-state index in [0.29, 0.717) is 6.61 Å². The van der Waals surface area contributed by atoms with Gasteiger partial charge in [0.25, 0.3) is 0 Å². The van der Waals surface area contributed by atoms with Crippen LogP contribution in [0.4, 0.5) is 0 Å². The van der Waals surface area contributed by atoms with Crippen LogP contribution in [0.1, 0.15) is 13.3 Å². The molecule has 0 radical (unpaired) electrons. The van der Waals surface area contributed by atoms with Crippen LogP contribution < -0.4 is 0 Å². The molecule has 0 amide bonds. The second kappa shape index (κ2) is 6.82. The first kappa shape index (κ1) is 11.1. The quantitative estimate of drug-likeness (QED) is 0.449.